The Kier molecular flexibility index (Phi) is 5.49. The van der Waals surface area contributed by atoms with Crippen LogP contribution in [0.25, 0.3) is 0 Å². The SMILES string of the molecule is CC(C)OC(=O)N(C(=O)OC(C)C)c1cccc(F)c1. The number of nitrogens with zero attached hydrogens (tertiary/aromatic N) is 1. The van der Waals surface area contributed by atoms with E-state index < -0.39 is 30.2 Å². The number of halogens is 1. The summed E-state index contributed by atoms with van der Waals surface area (Å²) in [5.74, 6) is -0.567. The van der Waals surface area contributed by atoms with E-state index in [1.807, 2.05) is 0 Å². The van der Waals surface area contributed by atoms with Crippen LogP contribution in [0.1, 0.15) is 27.7 Å². The molecule has 0 unspecified atom stereocenters. The highest BCUT2D eigenvalue weighted by Crippen LogP contribution is 2.19. The third-order valence-corrected chi connectivity index (χ3v) is 2.10. The molecule has 20 heavy (non-hydrogen) atoms. The van der Waals surface area contributed by atoms with E-state index >= 15 is 0 Å². The number of anilines is 1. The molecule has 2 amide bonds. The van der Waals surface area contributed by atoms with Gasteiger partial charge in [0.1, 0.15) is 5.82 Å². The summed E-state index contributed by atoms with van der Waals surface area (Å²) in [6.45, 7) is 6.59. The maximum atomic E-state index is 13.2. The second-order valence-electron chi connectivity index (χ2n) is 4.68. The van der Waals surface area contributed by atoms with Crippen molar-refractivity contribution in [1.29, 1.82) is 0 Å². The van der Waals surface area contributed by atoms with Gasteiger partial charge in [0.05, 0.1) is 17.9 Å². The lowest BCUT2D eigenvalue weighted by atomic mass is 10.3. The van der Waals surface area contributed by atoms with E-state index in [0.29, 0.717) is 4.90 Å². The zero-order valence-corrected chi connectivity index (χ0v) is 11.9. The Labute approximate surface area is 117 Å². The van der Waals surface area contributed by atoms with Gasteiger partial charge in [0.25, 0.3) is 0 Å². The fraction of sp³-hybridized carbons (Fsp3) is 0.429. The minimum Gasteiger partial charge on any atom is -0.446 e. The number of benzene rings is 1. The molecule has 0 N–H and O–H groups in total. The molecule has 5 nitrogen and oxygen atoms in total. The summed E-state index contributed by atoms with van der Waals surface area (Å²) in [6, 6.07) is 5.08. The fourth-order valence-corrected chi connectivity index (χ4v) is 1.41. The molecule has 0 aliphatic heterocycles. The normalized spacial score (nSPS) is 10.6. The van der Waals surface area contributed by atoms with Crippen molar-refractivity contribution < 1.29 is 23.5 Å². The summed E-state index contributed by atoms with van der Waals surface area (Å²) in [5.41, 5.74) is 0.0568. The van der Waals surface area contributed by atoms with Crippen LogP contribution in [0.4, 0.5) is 19.7 Å². The average Bonchev–Trinajstić information content (AvgIpc) is 2.26. The Hall–Kier alpha value is -2.11. The van der Waals surface area contributed by atoms with E-state index in [9.17, 15) is 14.0 Å². The molecule has 0 saturated heterocycles. The number of hydrogen-bond acceptors (Lipinski definition) is 4. The number of rotatable bonds is 3. The molecule has 6 heteroatoms. The molecule has 0 aliphatic carbocycles. The van der Waals surface area contributed by atoms with Crippen molar-refractivity contribution in [2.24, 2.45) is 0 Å². The summed E-state index contributed by atoms with van der Waals surface area (Å²) in [5, 5.41) is 0. The van der Waals surface area contributed by atoms with Gasteiger partial charge in [-0.2, -0.15) is 4.90 Å². The van der Waals surface area contributed by atoms with Gasteiger partial charge in [-0.05, 0) is 45.9 Å². The minimum absolute atomic E-state index is 0.0568. The molecule has 0 aliphatic rings. The van der Waals surface area contributed by atoms with Gasteiger partial charge in [0, 0.05) is 0 Å². The predicted molar refractivity (Wildman–Crippen MR) is 72.1 cm³/mol. The second-order valence-corrected chi connectivity index (χ2v) is 4.68. The second kappa shape index (κ2) is 6.88. The Bertz CT molecular complexity index is 466. The first-order valence-electron chi connectivity index (χ1n) is 6.28. The lowest BCUT2D eigenvalue weighted by molar-refractivity contribution is 0.104. The fourth-order valence-electron chi connectivity index (χ4n) is 1.41. The van der Waals surface area contributed by atoms with Crippen LogP contribution >= 0.6 is 0 Å². The molecule has 110 valence electrons. The van der Waals surface area contributed by atoms with Crippen molar-refractivity contribution in [3.05, 3.63) is 30.1 Å². The van der Waals surface area contributed by atoms with E-state index in [1.54, 1.807) is 27.7 Å². The van der Waals surface area contributed by atoms with Crippen LogP contribution in [0.3, 0.4) is 0 Å². The maximum absolute atomic E-state index is 13.2. The summed E-state index contributed by atoms with van der Waals surface area (Å²) in [4.78, 5) is 24.6. The van der Waals surface area contributed by atoms with Gasteiger partial charge in [0.2, 0.25) is 0 Å². The first kappa shape index (κ1) is 15.9. The van der Waals surface area contributed by atoms with E-state index in [-0.39, 0.29) is 5.69 Å². The maximum Gasteiger partial charge on any atom is 0.424 e. The van der Waals surface area contributed by atoms with Gasteiger partial charge in [-0.15, -0.1) is 0 Å². The summed E-state index contributed by atoms with van der Waals surface area (Å²) >= 11 is 0. The van der Waals surface area contributed by atoms with Gasteiger partial charge in [-0.1, -0.05) is 6.07 Å². The molecule has 0 bridgehead atoms. The van der Waals surface area contributed by atoms with Crippen molar-refractivity contribution in [1.82, 2.24) is 0 Å². The molecule has 1 aromatic carbocycles. The Balaban J connectivity index is 3.07. The zero-order chi connectivity index (χ0) is 15.3. The van der Waals surface area contributed by atoms with Gasteiger partial charge in [0.15, 0.2) is 0 Å². The largest absolute Gasteiger partial charge is 0.446 e. The number of hydrogen-bond donors (Lipinski definition) is 0. The molecule has 1 aromatic rings. The van der Waals surface area contributed by atoms with E-state index in [4.69, 9.17) is 9.47 Å². The van der Waals surface area contributed by atoms with E-state index in [0.717, 1.165) is 6.07 Å². The number of imide groups is 1. The van der Waals surface area contributed by atoms with Crippen LogP contribution in [0, 0.1) is 5.82 Å². The lowest BCUT2D eigenvalue weighted by Crippen LogP contribution is -2.40. The Morgan fingerprint density at radius 2 is 1.55 bits per heavy atom. The van der Waals surface area contributed by atoms with Crippen molar-refractivity contribution in [2.75, 3.05) is 4.90 Å². The van der Waals surface area contributed by atoms with Crippen LogP contribution in [0.2, 0.25) is 0 Å². The Morgan fingerprint density at radius 3 is 1.95 bits per heavy atom. The molecule has 0 aromatic heterocycles. The number of carbonyl (C=O) groups is 2. The van der Waals surface area contributed by atoms with Gasteiger partial charge < -0.3 is 9.47 Å². The van der Waals surface area contributed by atoms with Crippen LogP contribution in [0.15, 0.2) is 24.3 Å². The molecular formula is C14H18FNO4. The molecular weight excluding hydrogens is 265 g/mol. The van der Waals surface area contributed by atoms with Crippen LogP contribution in [0.5, 0.6) is 0 Å². The summed E-state index contributed by atoms with van der Waals surface area (Å²) < 4.78 is 23.2. The highest BCUT2D eigenvalue weighted by molar-refractivity contribution is 6.09. The smallest absolute Gasteiger partial charge is 0.424 e. The van der Waals surface area contributed by atoms with Gasteiger partial charge in [-0.25, -0.2) is 14.0 Å². The molecule has 0 atom stereocenters. The van der Waals surface area contributed by atoms with Crippen molar-refractivity contribution in [2.45, 2.75) is 39.9 Å². The third kappa shape index (κ3) is 4.53. The number of ether oxygens (including phenoxy) is 2. The van der Waals surface area contributed by atoms with Crippen LogP contribution in [-0.4, -0.2) is 24.4 Å². The van der Waals surface area contributed by atoms with Crippen LogP contribution in [-0.2, 0) is 9.47 Å². The van der Waals surface area contributed by atoms with E-state index in [2.05, 4.69) is 0 Å². The van der Waals surface area contributed by atoms with Gasteiger partial charge in [-0.3, -0.25) is 0 Å². The first-order valence-corrected chi connectivity index (χ1v) is 6.28. The molecule has 1 rings (SSSR count). The molecule has 0 heterocycles. The van der Waals surface area contributed by atoms with Crippen molar-refractivity contribution in [3.63, 3.8) is 0 Å². The molecule has 0 fully saturated rings. The highest BCUT2D eigenvalue weighted by Gasteiger charge is 2.28. The highest BCUT2D eigenvalue weighted by atomic mass is 19.1. The standard InChI is InChI=1S/C14H18FNO4/c1-9(2)19-13(17)16(14(18)20-10(3)4)12-7-5-6-11(15)8-12/h5-10H,1-4H3. The van der Waals surface area contributed by atoms with Crippen LogP contribution < -0.4 is 4.90 Å². The molecule has 0 radical (unpaired) electrons. The third-order valence-electron chi connectivity index (χ3n) is 2.10. The lowest BCUT2D eigenvalue weighted by Gasteiger charge is -2.22. The topological polar surface area (TPSA) is 55.8 Å². The zero-order valence-electron chi connectivity index (χ0n) is 11.9. The monoisotopic (exact) mass is 283 g/mol. The molecule has 0 spiro atoms. The Morgan fingerprint density at radius 1 is 1.05 bits per heavy atom. The number of carbonyl (C=O) groups excluding carboxylic acids is 2. The molecule has 0 saturated carbocycles. The van der Waals surface area contributed by atoms with Crippen molar-refractivity contribution in [3.8, 4) is 0 Å². The van der Waals surface area contributed by atoms with Crippen molar-refractivity contribution >= 4 is 17.9 Å². The average molecular weight is 283 g/mol. The van der Waals surface area contributed by atoms with E-state index in [1.165, 1.54) is 18.2 Å². The predicted octanol–water partition coefficient (Wildman–Crippen LogP) is 3.72. The first-order chi connectivity index (χ1) is 9.31. The summed E-state index contributed by atoms with van der Waals surface area (Å²) in [7, 11) is 0. The number of amides is 2. The quantitative estimate of drug-likeness (QED) is 0.848. The van der Waals surface area contributed by atoms with Gasteiger partial charge >= 0.3 is 12.2 Å². The minimum atomic E-state index is -0.906. The summed E-state index contributed by atoms with van der Waals surface area (Å²) in [6.07, 6.45) is -2.64.